The van der Waals surface area contributed by atoms with E-state index < -0.39 is 12.5 Å². The first-order valence-corrected chi connectivity index (χ1v) is 7.74. The van der Waals surface area contributed by atoms with Gasteiger partial charge in [-0.15, -0.1) is 0 Å². The average molecular weight is 362 g/mol. The van der Waals surface area contributed by atoms with E-state index in [2.05, 4.69) is 15.9 Å². The van der Waals surface area contributed by atoms with Gasteiger partial charge in [0, 0.05) is 23.0 Å². The Labute approximate surface area is 131 Å². The highest BCUT2D eigenvalue weighted by molar-refractivity contribution is 9.10. The van der Waals surface area contributed by atoms with E-state index in [0.717, 1.165) is 0 Å². The number of piperidine rings is 1. The third-order valence-electron chi connectivity index (χ3n) is 3.56. The summed E-state index contributed by atoms with van der Waals surface area (Å²) in [7, 11) is 0. The molecule has 0 radical (unpaired) electrons. The molecule has 6 heteroatoms. The first-order chi connectivity index (χ1) is 9.85. The van der Waals surface area contributed by atoms with Crippen molar-refractivity contribution in [3.8, 4) is 5.75 Å². The molecule has 1 fully saturated rings. The van der Waals surface area contributed by atoms with Crippen LogP contribution in [0.25, 0.3) is 0 Å². The summed E-state index contributed by atoms with van der Waals surface area (Å²) in [5, 5.41) is 0. The lowest BCUT2D eigenvalue weighted by molar-refractivity contribution is -0.0560. The van der Waals surface area contributed by atoms with Crippen molar-refractivity contribution < 1.29 is 18.3 Å². The molecule has 116 valence electrons. The molecule has 1 amide bonds. The Morgan fingerprint density at radius 2 is 2.19 bits per heavy atom. The van der Waals surface area contributed by atoms with Gasteiger partial charge in [-0.05, 0) is 48.3 Å². The molecular weight excluding hydrogens is 344 g/mol. The monoisotopic (exact) mass is 361 g/mol. The molecule has 0 aromatic heterocycles. The van der Waals surface area contributed by atoms with Crippen LogP contribution in [0.3, 0.4) is 0 Å². The fraction of sp³-hybridized carbons (Fsp3) is 0.533. The molecule has 1 aromatic rings. The topological polar surface area (TPSA) is 29.5 Å². The highest BCUT2D eigenvalue weighted by atomic mass is 79.9. The van der Waals surface area contributed by atoms with Crippen LogP contribution in [0.2, 0.25) is 0 Å². The van der Waals surface area contributed by atoms with Gasteiger partial charge in [0.2, 0.25) is 0 Å². The lowest BCUT2D eigenvalue weighted by Gasteiger charge is -2.33. The van der Waals surface area contributed by atoms with Crippen molar-refractivity contribution in [1.29, 1.82) is 0 Å². The molecule has 1 heterocycles. The van der Waals surface area contributed by atoms with E-state index in [-0.39, 0.29) is 12.3 Å². The molecular formula is C15H18BrF2NO2. The molecule has 0 saturated carbocycles. The van der Waals surface area contributed by atoms with Gasteiger partial charge in [-0.2, -0.15) is 0 Å². The van der Waals surface area contributed by atoms with Crippen LogP contribution in [0, 0.1) is 6.92 Å². The average Bonchev–Trinajstić information content (AvgIpc) is 2.41. The number of amides is 1. The number of carbonyl (C=O) groups excluding carboxylic acids is 1. The first-order valence-electron chi connectivity index (χ1n) is 6.94. The minimum Gasteiger partial charge on any atom is -0.494 e. The summed E-state index contributed by atoms with van der Waals surface area (Å²) in [5.74, 6) is -2.57. The number of hydrogen-bond donors (Lipinski definition) is 0. The van der Waals surface area contributed by atoms with Gasteiger partial charge in [0.1, 0.15) is 5.75 Å². The van der Waals surface area contributed by atoms with Gasteiger partial charge in [0.05, 0.1) is 18.7 Å². The van der Waals surface area contributed by atoms with Crippen LogP contribution < -0.4 is 4.74 Å². The maximum atomic E-state index is 13.5. The van der Waals surface area contributed by atoms with Crippen LogP contribution in [0.15, 0.2) is 16.6 Å². The molecule has 1 aromatic carbocycles. The summed E-state index contributed by atoms with van der Waals surface area (Å²) in [6.07, 6.45) is 0.163. The fourth-order valence-electron chi connectivity index (χ4n) is 2.53. The largest absolute Gasteiger partial charge is 0.494 e. The summed E-state index contributed by atoms with van der Waals surface area (Å²) < 4.78 is 33.1. The van der Waals surface area contributed by atoms with Crippen LogP contribution in [0.4, 0.5) is 8.78 Å². The number of likely N-dealkylation sites (tertiary alicyclic amines) is 1. The molecule has 0 bridgehead atoms. The van der Waals surface area contributed by atoms with Crippen molar-refractivity contribution in [2.45, 2.75) is 32.6 Å². The maximum Gasteiger partial charge on any atom is 0.265 e. The molecule has 0 unspecified atom stereocenters. The van der Waals surface area contributed by atoms with Crippen LogP contribution in [-0.2, 0) is 0 Å². The molecule has 3 nitrogen and oxygen atoms in total. The van der Waals surface area contributed by atoms with Crippen LogP contribution >= 0.6 is 15.9 Å². The molecule has 1 aliphatic heterocycles. The Hall–Kier alpha value is -1.17. The Bertz CT molecular complexity index is 549. The smallest absolute Gasteiger partial charge is 0.265 e. The van der Waals surface area contributed by atoms with Gasteiger partial charge in [-0.3, -0.25) is 4.79 Å². The molecule has 21 heavy (non-hydrogen) atoms. The van der Waals surface area contributed by atoms with E-state index in [1.165, 1.54) is 4.90 Å². The predicted molar refractivity (Wildman–Crippen MR) is 80.1 cm³/mol. The molecule has 0 aliphatic carbocycles. The fourth-order valence-corrected chi connectivity index (χ4v) is 3.13. The second-order valence-electron chi connectivity index (χ2n) is 5.16. The van der Waals surface area contributed by atoms with Gasteiger partial charge in [0.25, 0.3) is 11.8 Å². The summed E-state index contributed by atoms with van der Waals surface area (Å²) in [5.41, 5.74) is 1.07. The van der Waals surface area contributed by atoms with E-state index >= 15 is 0 Å². The lowest BCUT2D eigenvalue weighted by Crippen LogP contribution is -2.46. The van der Waals surface area contributed by atoms with Gasteiger partial charge < -0.3 is 9.64 Å². The third-order valence-corrected chi connectivity index (χ3v) is 4.22. The normalized spacial score (nSPS) is 17.7. The quantitative estimate of drug-likeness (QED) is 0.813. The number of hydrogen-bond acceptors (Lipinski definition) is 2. The molecule has 0 spiro atoms. The lowest BCUT2D eigenvalue weighted by atomic mass is 10.0. The summed E-state index contributed by atoms with van der Waals surface area (Å²) in [6.45, 7) is 3.95. The van der Waals surface area contributed by atoms with Crippen molar-refractivity contribution in [3.05, 3.63) is 27.7 Å². The number of alkyl halides is 2. The highest BCUT2D eigenvalue weighted by Crippen LogP contribution is 2.32. The van der Waals surface area contributed by atoms with Crippen molar-refractivity contribution in [2.75, 3.05) is 19.7 Å². The van der Waals surface area contributed by atoms with Gasteiger partial charge in [-0.25, -0.2) is 8.78 Å². The third kappa shape index (κ3) is 3.54. The van der Waals surface area contributed by atoms with E-state index in [4.69, 9.17) is 4.74 Å². The Kier molecular flexibility index (Phi) is 4.86. The summed E-state index contributed by atoms with van der Waals surface area (Å²) in [6, 6.07) is 3.48. The number of rotatable bonds is 3. The Morgan fingerprint density at radius 1 is 1.48 bits per heavy atom. The van der Waals surface area contributed by atoms with Gasteiger partial charge in [-0.1, -0.05) is 0 Å². The van der Waals surface area contributed by atoms with E-state index in [1.807, 2.05) is 6.92 Å². The zero-order chi connectivity index (χ0) is 15.6. The molecule has 0 N–H and O–H groups in total. The molecule has 1 aliphatic rings. The van der Waals surface area contributed by atoms with E-state index in [1.54, 1.807) is 19.1 Å². The van der Waals surface area contributed by atoms with Crippen LogP contribution in [0.1, 0.15) is 35.7 Å². The van der Waals surface area contributed by atoms with Crippen molar-refractivity contribution in [1.82, 2.24) is 4.90 Å². The second-order valence-corrected chi connectivity index (χ2v) is 6.02. The van der Waals surface area contributed by atoms with Crippen LogP contribution in [-0.4, -0.2) is 36.4 Å². The number of benzene rings is 1. The van der Waals surface area contributed by atoms with E-state index in [9.17, 15) is 13.6 Å². The Balaban J connectivity index is 2.32. The predicted octanol–water partition coefficient (Wildman–Crippen LogP) is 4.03. The summed E-state index contributed by atoms with van der Waals surface area (Å²) >= 11 is 3.34. The minimum absolute atomic E-state index is 0.157. The van der Waals surface area contributed by atoms with Gasteiger partial charge in [0.15, 0.2) is 0 Å². The molecule has 0 atom stereocenters. The number of nitrogens with zero attached hydrogens (tertiary/aromatic N) is 1. The number of carbonyl (C=O) groups is 1. The van der Waals surface area contributed by atoms with E-state index in [0.29, 0.717) is 40.9 Å². The second kappa shape index (κ2) is 6.30. The minimum atomic E-state index is -2.80. The van der Waals surface area contributed by atoms with Gasteiger partial charge >= 0.3 is 0 Å². The summed E-state index contributed by atoms with van der Waals surface area (Å²) in [4.78, 5) is 13.8. The van der Waals surface area contributed by atoms with Crippen molar-refractivity contribution >= 4 is 21.8 Å². The number of ether oxygens (including phenoxy) is 1. The zero-order valence-electron chi connectivity index (χ0n) is 12.1. The van der Waals surface area contributed by atoms with Crippen molar-refractivity contribution in [2.24, 2.45) is 0 Å². The highest BCUT2D eigenvalue weighted by Gasteiger charge is 2.38. The van der Waals surface area contributed by atoms with Crippen LogP contribution in [0.5, 0.6) is 5.75 Å². The SMILES string of the molecule is CCOc1ccc(Br)c(C(=O)N2CCCC(F)(F)C2)c1C. The first kappa shape index (κ1) is 16.2. The Morgan fingerprint density at radius 3 is 2.81 bits per heavy atom. The molecule has 1 saturated heterocycles. The zero-order valence-corrected chi connectivity index (χ0v) is 13.7. The molecule has 2 rings (SSSR count). The maximum absolute atomic E-state index is 13.5. The van der Waals surface area contributed by atoms with Crippen molar-refractivity contribution in [3.63, 3.8) is 0 Å². The number of halogens is 3. The standard InChI is InChI=1S/C15H18BrF2NO2/c1-3-21-12-6-5-11(16)13(10(12)2)14(20)19-8-4-7-15(17,18)9-19/h5-6H,3-4,7-9H2,1-2H3.